The normalized spacial score (nSPS) is 12.3. The summed E-state index contributed by atoms with van der Waals surface area (Å²) in [5.41, 5.74) is 8.26. The second-order valence-electron chi connectivity index (χ2n) is 17.2. The summed E-state index contributed by atoms with van der Waals surface area (Å²) in [6.45, 7) is 20.4. The molecule has 0 fully saturated rings. The van der Waals surface area contributed by atoms with Crippen LogP contribution in [0.2, 0.25) is 0 Å². The van der Waals surface area contributed by atoms with Crippen molar-refractivity contribution in [2.45, 2.75) is 80.6 Å². The van der Waals surface area contributed by atoms with Crippen molar-refractivity contribution in [3.05, 3.63) is 139 Å². The number of benzene rings is 4. The molecule has 0 unspecified atom stereocenters. The molecular weight excluding hydrogens is 820 g/mol. The van der Waals surface area contributed by atoms with E-state index in [1.165, 1.54) is 16.7 Å². The molecule has 0 N–H and O–H groups in total. The van der Waals surface area contributed by atoms with Crippen molar-refractivity contribution in [1.82, 2.24) is 14.1 Å². The maximum absolute atomic E-state index is 6.45. The third-order valence-corrected chi connectivity index (χ3v) is 8.99. The topological polar surface area (TPSA) is 35.9 Å². The molecule has 0 saturated carbocycles. The molecule has 52 heavy (non-hydrogen) atoms. The minimum Gasteiger partial charge on any atom is -0.510 e. The number of hydrogen-bond donors (Lipinski definition) is 0. The average Bonchev–Trinajstić information content (AvgIpc) is 3.66. The van der Waals surface area contributed by atoms with Crippen molar-refractivity contribution in [3.63, 3.8) is 0 Å². The van der Waals surface area contributed by atoms with Crippen LogP contribution in [0.15, 0.2) is 104 Å². The van der Waals surface area contributed by atoms with Crippen LogP contribution in [0, 0.1) is 29.3 Å². The Morgan fingerprint density at radius 1 is 0.712 bits per heavy atom. The van der Waals surface area contributed by atoms with Crippen molar-refractivity contribution in [3.8, 4) is 28.7 Å². The van der Waals surface area contributed by atoms with Gasteiger partial charge in [-0.15, -0.1) is 29.7 Å². The number of para-hydroxylation sites is 1. The van der Waals surface area contributed by atoms with Crippen LogP contribution in [-0.4, -0.2) is 14.1 Å². The van der Waals surface area contributed by atoms with Gasteiger partial charge in [-0.2, -0.15) is 18.2 Å². The zero-order valence-corrected chi connectivity index (χ0v) is 34.0. The third-order valence-electron chi connectivity index (χ3n) is 8.99. The Labute approximate surface area is 323 Å². The van der Waals surface area contributed by atoms with Gasteiger partial charge in [0.2, 0.25) is 0 Å². The molecule has 0 aliphatic rings. The smallest absolute Gasteiger partial charge is 0.267 e. The summed E-state index contributed by atoms with van der Waals surface area (Å²) in [5, 5.41) is 2.25. The molecule has 4 aromatic carbocycles. The molecule has 0 spiro atoms. The Balaban J connectivity index is 0.00000464. The van der Waals surface area contributed by atoms with E-state index < -0.39 is 0 Å². The van der Waals surface area contributed by atoms with E-state index in [0.717, 1.165) is 51.8 Å². The van der Waals surface area contributed by atoms with Crippen molar-refractivity contribution in [1.29, 1.82) is 0 Å². The number of fused-ring (bicyclic) bond motifs is 3. The molecule has 3 heterocycles. The minimum atomic E-state index is -0.00278. The molecule has 0 saturated heterocycles. The number of hydrogen-bond acceptors (Lipinski definition) is 2. The van der Waals surface area contributed by atoms with Gasteiger partial charge in [0, 0.05) is 56.7 Å². The zero-order valence-electron chi connectivity index (χ0n) is 31.7. The molecule has 0 atom stereocenters. The fourth-order valence-electron chi connectivity index (χ4n) is 6.84. The van der Waals surface area contributed by atoms with Crippen LogP contribution in [0.3, 0.4) is 0 Å². The second kappa shape index (κ2) is 14.2. The first-order valence-electron chi connectivity index (χ1n) is 17.9. The SMILES string of the molecule is CC(C)(C)Cc1cc(CC(C)(C)C)cc(-[n+]2[c-]n(-c3[c-]c(Oc4[c-]c5c(cc4)c4ccccc4n5-c4cc(C(C)(C)C)ccn4)ccc3)cc2)c1.[Pt]. The van der Waals surface area contributed by atoms with Gasteiger partial charge in [0.1, 0.15) is 5.82 Å². The Bertz CT molecular complexity index is 2330. The van der Waals surface area contributed by atoms with Gasteiger partial charge in [0.15, 0.2) is 0 Å². The van der Waals surface area contributed by atoms with Gasteiger partial charge in [-0.05, 0) is 76.1 Å². The minimum absolute atomic E-state index is 0. The third kappa shape index (κ3) is 8.26. The predicted molar refractivity (Wildman–Crippen MR) is 207 cm³/mol. The molecule has 3 aromatic heterocycles. The molecule has 0 bridgehead atoms. The number of ether oxygens (including phenoxy) is 1. The summed E-state index contributed by atoms with van der Waals surface area (Å²) >= 11 is 0. The van der Waals surface area contributed by atoms with Gasteiger partial charge in [0.25, 0.3) is 6.33 Å². The fraction of sp³-hybridized carbons (Fsp3) is 0.304. The van der Waals surface area contributed by atoms with Gasteiger partial charge in [-0.25, -0.2) is 4.98 Å². The molecule has 0 radical (unpaired) electrons. The summed E-state index contributed by atoms with van der Waals surface area (Å²) in [7, 11) is 0. The molecule has 5 nitrogen and oxygen atoms in total. The van der Waals surface area contributed by atoms with Crippen LogP contribution in [-0.2, 0) is 39.3 Å². The van der Waals surface area contributed by atoms with E-state index >= 15 is 0 Å². The first kappa shape index (κ1) is 37.3. The van der Waals surface area contributed by atoms with Gasteiger partial charge in [-0.1, -0.05) is 103 Å². The summed E-state index contributed by atoms with van der Waals surface area (Å²) in [5.74, 6) is 2.08. The maximum atomic E-state index is 6.45. The Hall–Kier alpha value is -4.47. The van der Waals surface area contributed by atoms with E-state index in [1.807, 2.05) is 41.2 Å². The first-order chi connectivity index (χ1) is 24.1. The summed E-state index contributed by atoms with van der Waals surface area (Å²) in [4.78, 5) is 4.81. The zero-order chi connectivity index (χ0) is 36.1. The largest absolute Gasteiger partial charge is 0.510 e. The Morgan fingerprint density at radius 3 is 2.10 bits per heavy atom. The van der Waals surface area contributed by atoms with Gasteiger partial charge < -0.3 is 13.9 Å². The van der Waals surface area contributed by atoms with E-state index in [-0.39, 0.29) is 37.3 Å². The molecule has 7 rings (SSSR count). The summed E-state index contributed by atoms with van der Waals surface area (Å²) in [6, 6.07) is 36.7. The second-order valence-corrected chi connectivity index (χ2v) is 17.2. The van der Waals surface area contributed by atoms with Crippen molar-refractivity contribution in [2.75, 3.05) is 0 Å². The molecule has 0 aliphatic heterocycles. The van der Waals surface area contributed by atoms with Crippen molar-refractivity contribution >= 4 is 21.8 Å². The van der Waals surface area contributed by atoms with Gasteiger partial charge >= 0.3 is 0 Å². The van der Waals surface area contributed by atoms with E-state index in [0.29, 0.717) is 11.5 Å². The quantitative estimate of drug-likeness (QED) is 0.118. The van der Waals surface area contributed by atoms with Crippen LogP contribution >= 0.6 is 0 Å². The molecule has 0 aliphatic carbocycles. The van der Waals surface area contributed by atoms with E-state index in [4.69, 9.17) is 9.72 Å². The van der Waals surface area contributed by atoms with Crippen molar-refractivity contribution < 1.29 is 30.4 Å². The average molecular weight is 868 g/mol. The van der Waals surface area contributed by atoms with E-state index in [1.54, 1.807) is 0 Å². The standard InChI is InChI=1S/C46H48N4O.Pt/c1-44(2,3)29-32-23-33(30-45(4,5)6)25-36(24-32)49-22-21-48(31-49)35-13-12-14-37(27-35)51-38-17-18-40-39-15-10-11-16-41(39)50(42(40)28-38)43-26-34(19-20-47-43)46(7,8)9;/h10-26H,29-30H2,1-9H3;/q-2;. The molecule has 270 valence electrons. The maximum Gasteiger partial charge on any atom is 0.267 e. The summed E-state index contributed by atoms with van der Waals surface area (Å²) < 4.78 is 12.7. The molecule has 7 aromatic rings. The number of nitrogens with zero attached hydrogens (tertiary/aromatic N) is 4. The van der Waals surface area contributed by atoms with Gasteiger partial charge in [-0.3, -0.25) is 4.57 Å². The number of aromatic nitrogens is 4. The van der Waals surface area contributed by atoms with E-state index in [2.05, 4.69) is 157 Å². The van der Waals surface area contributed by atoms with Crippen LogP contribution in [0.25, 0.3) is 39.0 Å². The van der Waals surface area contributed by atoms with Gasteiger partial charge in [0.05, 0.1) is 5.69 Å². The van der Waals surface area contributed by atoms with Crippen LogP contribution in [0.4, 0.5) is 0 Å². The molecule has 6 heteroatoms. The predicted octanol–water partition coefficient (Wildman–Crippen LogP) is 10.9. The number of rotatable bonds is 7. The monoisotopic (exact) mass is 867 g/mol. The summed E-state index contributed by atoms with van der Waals surface area (Å²) in [6.07, 6.45) is 11.5. The van der Waals surface area contributed by atoms with Crippen LogP contribution < -0.4 is 9.30 Å². The van der Waals surface area contributed by atoms with Crippen molar-refractivity contribution in [2.24, 2.45) is 10.8 Å². The van der Waals surface area contributed by atoms with Crippen LogP contribution in [0.1, 0.15) is 79.0 Å². The Kier molecular flexibility index (Phi) is 10.2. The number of imidazole rings is 1. The first-order valence-corrected chi connectivity index (χ1v) is 17.9. The number of pyridine rings is 1. The fourth-order valence-corrected chi connectivity index (χ4v) is 6.84. The van der Waals surface area contributed by atoms with E-state index in [9.17, 15) is 0 Å². The van der Waals surface area contributed by atoms with Crippen LogP contribution in [0.5, 0.6) is 11.5 Å². The molecule has 0 amide bonds. The molecular formula is C46H48N4OPt-2. The Morgan fingerprint density at radius 2 is 1.40 bits per heavy atom.